The Morgan fingerprint density at radius 2 is 1.92 bits per heavy atom. The summed E-state index contributed by atoms with van der Waals surface area (Å²) >= 11 is 6.19. The van der Waals surface area contributed by atoms with Gasteiger partial charge >= 0.3 is 6.61 Å². The molecule has 0 saturated carbocycles. The van der Waals surface area contributed by atoms with E-state index < -0.39 is 12.5 Å². The highest BCUT2D eigenvalue weighted by atomic mass is 35.5. The van der Waals surface area contributed by atoms with E-state index >= 15 is 0 Å². The summed E-state index contributed by atoms with van der Waals surface area (Å²) in [6.45, 7) is 3.54. The lowest BCUT2D eigenvalue weighted by atomic mass is 10.1. The van der Waals surface area contributed by atoms with Gasteiger partial charge in [0.1, 0.15) is 17.1 Å². The van der Waals surface area contributed by atoms with E-state index in [4.69, 9.17) is 28.1 Å². The van der Waals surface area contributed by atoms with E-state index in [-0.39, 0.29) is 56.8 Å². The Morgan fingerprint density at radius 3 is 2.58 bits per heavy atom. The van der Waals surface area contributed by atoms with Crippen LogP contribution in [0.15, 0.2) is 100 Å². The number of amides is 2. The molecule has 2 aliphatic heterocycles. The maximum absolute atomic E-state index is 13.7. The minimum atomic E-state index is -3.13. The zero-order chi connectivity index (χ0) is 34.6. The lowest BCUT2D eigenvalue weighted by molar-refractivity contribution is -0.116. The highest BCUT2D eigenvalue weighted by Crippen LogP contribution is 2.30. The zero-order valence-electron chi connectivity index (χ0n) is 26.5. The highest BCUT2D eigenvalue weighted by Gasteiger charge is 2.24. The third-order valence-corrected chi connectivity index (χ3v) is 7.86. The largest absolute Gasteiger partial charge is 0.434 e. The molecule has 0 aromatic heterocycles. The summed E-state index contributed by atoms with van der Waals surface area (Å²) < 4.78 is 31.2. The number of alkyl halides is 2. The molecule has 0 atom stereocenters. The van der Waals surface area contributed by atoms with Gasteiger partial charge in [-0.05, 0) is 62.2 Å². The number of hydrogen-bond acceptors (Lipinski definition) is 9. The number of aliphatic imine (C=N–C) groups is 2. The first-order valence-electron chi connectivity index (χ1n) is 15.3. The van der Waals surface area contributed by atoms with Gasteiger partial charge in [0, 0.05) is 67.2 Å². The second-order valence-electron chi connectivity index (χ2n) is 11.1. The number of nitrogens with one attached hydrogen (secondary N) is 2. The minimum Gasteiger partial charge on any atom is -0.434 e. The summed E-state index contributed by atoms with van der Waals surface area (Å²) in [5.74, 6) is -0.773. The Kier molecular flexibility index (Phi) is 12.9. The van der Waals surface area contributed by atoms with Crippen molar-refractivity contribution in [3.8, 4) is 5.75 Å². The number of ether oxygens (including phenoxy) is 1. The van der Waals surface area contributed by atoms with Crippen molar-refractivity contribution in [1.82, 2.24) is 20.4 Å². The minimum absolute atomic E-state index is 0.0137. The van der Waals surface area contributed by atoms with Crippen LogP contribution in [-0.4, -0.2) is 79.9 Å². The Labute approximate surface area is 283 Å². The van der Waals surface area contributed by atoms with Crippen molar-refractivity contribution in [1.29, 1.82) is 0 Å². The van der Waals surface area contributed by atoms with Gasteiger partial charge in [-0.25, -0.2) is 4.99 Å². The average Bonchev–Trinajstić information content (AvgIpc) is 3.07. The van der Waals surface area contributed by atoms with Crippen molar-refractivity contribution in [2.45, 2.75) is 31.9 Å². The second-order valence-corrected chi connectivity index (χ2v) is 11.5. The van der Waals surface area contributed by atoms with E-state index in [1.54, 1.807) is 36.4 Å². The topological polar surface area (TPSA) is 151 Å². The fourth-order valence-corrected chi connectivity index (χ4v) is 5.33. The predicted octanol–water partition coefficient (Wildman–Crippen LogP) is 4.25. The van der Waals surface area contributed by atoms with Crippen LogP contribution in [0.5, 0.6) is 5.75 Å². The van der Waals surface area contributed by atoms with Crippen LogP contribution in [-0.2, 0) is 4.79 Å². The van der Waals surface area contributed by atoms with E-state index in [1.807, 2.05) is 18.2 Å². The van der Waals surface area contributed by atoms with Crippen molar-refractivity contribution in [3.05, 3.63) is 106 Å². The maximum atomic E-state index is 13.7. The van der Waals surface area contributed by atoms with Gasteiger partial charge in [0.25, 0.3) is 11.8 Å². The number of nitrogens with zero attached hydrogens (tertiary/aromatic N) is 4. The summed E-state index contributed by atoms with van der Waals surface area (Å²) in [7, 11) is 1.69. The van der Waals surface area contributed by atoms with E-state index in [9.17, 15) is 18.4 Å². The van der Waals surface area contributed by atoms with Gasteiger partial charge in [-0.3, -0.25) is 14.6 Å². The predicted molar refractivity (Wildman–Crippen MR) is 184 cm³/mol. The molecule has 0 unspecified atom stereocenters. The smallest absolute Gasteiger partial charge is 0.387 e. The van der Waals surface area contributed by atoms with Crippen molar-refractivity contribution < 1.29 is 23.1 Å². The third kappa shape index (κ3) is 9.99. The molecule has 11 nitrogen and oxygen atoms in total. The Hall–Kier alpha value is -5.01. The van der Waals surface area contributed by atoms with Gasteiger partial charge in [0.15, 0.2) is 0 Å². The lowest BCUT2D eigenvalue weighted by Crippen LogP contribution is -2.37. The number of carbonyl (C=O) groups is 2. The number of carbonyl (C=O) groups excluding carboxylic acids is 2. The molecule has 0 radical (unpaired) electrons. The molecule has 0 bridgehead atoms. The Balaban J connectivity index is 1.49. The molecule has 2 amide bonds. The quantitative estimate of drug-likeness (QED) is 0.140. The first kappa shape index (κ1) is 35.8. The first-order chi connectivity index (χ1) is 23.0. The number of hydrogen-bond donors (Lipinski definition) is 4. The molecule has 1 saturated heterocycles. The summed E-state index contributed by atoms with van der Waals surface area (Å²) in [5, 5.41) is 5.89. The number of nitrogens with two attached hydrogens (primary N) is 2. The normalized spacial score (nSPS) is 17.0. The standard InChI is InChI=1S/C34H39ClF2N8O3/c1-22(38)29(31-40-14-6-16-44(31)2)33(47)43-27(30(39)26-20-24(35)10-11-28(26)48-34(36)37)21-42-25-12-18-45(19-13-25)17-7-15-41-32(46)23-8-4-3-5-9-23/h3-6,8-11,14,16,20-21,25,34H,1,7,12-13,15,17-19,38-39H2,2H3,(H,41,46)(H,43,47)/b30-27?,31-29+,42-21?. The summed E-state index contributed by atoms with van der Waals surface area (Å²) in [4.78, 5) is 38.8. The van der Waals surface area contributed by atoms with Crippen LogP contribution in [0.4, 0.5) is 8.78 Å². The molecule has 0 spiro atoms. The van der Waals surface area contributed by atoms with Gasteiger partial charge < -0.3 is 36.6 Å². The molecular weight excluding hydrogens is 642 g/mol. The number of halogens is 3. The Bertz CT molecular complexity index is 1630. The molecule has 4 rings (SSSR count). The van der Waals surface area contributed by atoms with Crippen LogP contribution in [0, 0.1) is 0 Å². The van der Waals surface area contributed by atoms with E-state index in [0.29, 0.717) is 12.1 Å². The van der Waals surface area contributed by atoms with Crippen LogP contribution in [0.25, 0.3) is 5.70 Å². The second kappa shape index (κ2) is 17.2. The summed E-state index contributed by atoms with van der Waals surface area (Å²) in [6.07, 6.45) is 8.55. The van der Waals surface area contributed by atoms with Crippen LogP contribution >= 0.6 is 11.6 Å². The maximum Gasteiger partial charge on any atom is 0.387 e. The van der Waals surface area contributed by atoms with Crippen molar-refractivity contribution in [2.75, 3.05) is 33.2 Å². The molecule has 0 aliphatic carbocycles. The average molecular weight is 681 g/mol. The SMILES string of the molecule is C=C(N)/C(C(=O)NC(C=NC1CCN(CCCNC(=O)c2ccccc2)CC1)=C(N)c1cc(Cl)ccc1OC(F)F)=C1/N=CC=CN1C. The molecule has 6 N–H and O–H groups in total. The molecule has 2 aromatic carbocycles. The summed E-state index contributed by atoms with van der Waals surface area (Å²) in [6, 6.07) is 13.0. The number of benzene rings is 2. The molecule has 2 aliphatic rings. The molecule has 1 fully saturated rings. The monoisotopic (exact) mass is 680 g/mol. The van der Waals surface area contributed by atoms with Crippen LogP contribution in [0.1, 0.15) is 35.2 Å². The molecule has 48 heavy (non-hydrogen) atoms. The van der Waals surface area contributed by atoms with Crippen LogP contribution < -0.4 is 26.8 Å². The fraction of sp³-hybridized carbons (Fsp3) is 0.294. The number of rotatable bonds is 13. The van der Waals surface area contributed by atoms with Crippen molar-refractivity contribution >= 4 is 41.5 Å². The van der Waals surface area contributed by atoms with Crippen LogP contribution in [0.3, 0.4) is 0 Å². The van der Waals surface area contributed by atoms with Gasteiger partial charge in [-0.2, -0.15) is 8.78 Å². The number of likely N-dealkylation sites (tertiary alicyclic amines) is 1. The summed E-state index contributed by atoms with van der Waals surface area (Å²) in [5.41, 5.74) is 13.0. The van der Waals surface area contributed by atoms with Gasteiger partial charge in [0.05, 0.1) is 17.4 Å². The lowest BCUT2D eigenvalue weighted by Gasteiger charge is -2.30. The molecule has 2 heterocycles. The molecular formula is C34H39ClF2N8O3. The van der Waals surface area contributed by atoms with E-state index in [0.717, 1.165) is 38.9 Å². The van der Waals surface area contributed by atoms with E-state index in [2.05, 4.69) is 31.8 Å². The van der Waals surface area contributed by atoms with Gasteiger partial charge in [-0.1, -0.05) is 36.4 Å². The zero-order valence-corrected chi connectivity index (χ0v) is 27.3. The third-order valence-electron chi connectivity index (χ3n) is 7.63. The highest BCUT2D eigenvalue weighted by molar-refractivity contribution is 6.30. The van der Waals surface area contributed by atoms with Gasteiger partial charge in [0.2, 0.25) is 0 Å². The number of allylic oxidation sites excluding steroid dienone is 2. The molecule has 2 aromatic rings. The first-order valence-corrected chi connectivity index (χ1v) is 15.7. The Morgan fingerprint density at radius 1 is 1.19 bits per heavy atom. The molecule has 14 heteroatoms. The van der Waals surface area contributed by atoms with Crippen LogP contribution in [0.2, 0.25) is 5.02 Å². The van der Waals surface area contributed by atoms with Crippen molar-refractivity contribution in [3.63, 3.8) is 0 Å². The van der Waals surface area contributed by atoms with Gasteiger partial charge in [-0.15, -0.1) is 0 Å². The van der Waals surface area contributed by atoms with Crippen molar-refractivity contribution in [2.24, 2.45) is 21.5 Å². The number of piperidine rings is 1. The molecule has 254 valence electrons. The fourth-order valence-electron chi connectivity index (χ4n) is 5.15. The van der Waals surface area contributed by atoms with E-state index in [1.165, 1.54) is 30.6 Å².